The van der Waals surface area contributed by atoms with Gasteiger partial charge in [-0.25, -0.2) is 18.3 Å². The van der Waals surface area contributed by atoms with E-state index in [1.807, 2.05) is 5.48 Å². The van der Waals surface area contributed by atoms with E-state index in [0.29, 0.717) is 18.8 Å². The minimum Gasteiger partial charge on any atom is -0.380 e. The number of nitrogens with two attached hydrogens (primary N) is 1. The third-order valence-electron chi connectivity index (χ3n) is 3.90. The first-order valence-corrected chi connectivity index (χ1v) is 9.15. The third kappa shape index (κ3) is 4.42. The van der Waals surface area contributed by atoms with Crippen LogP contribution in [0.5, 0.6) is 0 Å². The molecule has 3 rings (SSSR count). The number of rotatable bonds is 6. The number of anilines is 1. The van der Waals surface area contributed by atoms with Crippen molar-refractivity contribution in [2.45, 2.75) is 5.62 Å². The monoisotopic (exact) mass is 457 g/mol. The normalized spacial score (nSPS) is 18.0. The highest BCUT2D eigenvalue weighted by Gasteiger charge is 2.41. The van der Waals surface area contributed by atoms with Gasteiger partial charge in [0.2, 0.25) is 5.82 Å². The van der Waals surface area contributed by atoms with Crippen molar-refractivity contribution in [2.75, 3.05) is 18.4 Å². The summed E-state index contributed by atoms with van der Waals surface area (Å²) >= 11 is 4.11. The molecule has 0 spiro atoms. The maximum Gasteiger partial charge on any atom is 0.203 e. The van der Waals surface area contributed by atoms with E-state index in [-0.39, 0.29) is 27.7 Å². The summed E-state index contributed by atoms with van der Waals surface area (Å²) in [5, 5.41) is 35.2. The maximum atomic E-state index is 13.3. The van der Waals surface area contributed by atoms with Gasteiger partial charge in [0, 0.05) is 31.1 Å². The summed E-state index contributed by atoms with van der Waals surface area (Å²) in [7, 11) is 5.92. The molecule has 27 heavy (non-hydrogen) atoms. The predicted octanol–water partition coefficient (Wildman–Crippen LogP) is 0.708. The fraction of sp³-hybridized carbons (Fsp3) is 0.308. The number of nitrogens with one attached hydrogen (secondary N) is 2. The van der Waals surface area contributed by atoms with E-state index < -0.39 is 11.4 Å². The second kappa shape index (κ2) is 8.12. The number of nitrogens with zero attached hydrogens (tertiary/aromatic N) is 4. The fourth-order valence-electron chi connectivity index (χ4n) is 2.33. The standard InChI is InChI=1S/C13H14BBrFN7O3S/c14-13(24,6-4-23(5-6)27-17)19-12-10(21-26-22-12)11(20-25)18-7-1-2-9(16)8(15)3-7/h1-3,6,24-25H,4-5,17H2,(H,18,20)(H,19,22). The SMILES string of the molecule is [B]C(O)(Nc1nonc1C(=Nc1ccc(F)c(Br)c1)NO)C1CN(SN)C1. The minimum absolute atomic E-state index is 0.0359. The predicted molar refractivity (Wildman–Crippen MR) is 101 cm³/mol. The Morgan fingerprint density at radius 3 is 2.89 bits per heavy atom. The van der Waals surface area contributed by atoms with E-state index >= 15 is 0 Å². The average molecular weight is 458 g/mol. The molecule has 1 atom stereocenters. The first kappa shape index (κ1) is 20.0. The number of hydrogen-bond donors (Lipinski definition) is 5. The van der Waals surface area contributed by atoms with Crippen LogP contribution in [0, 0.1) is 11.7 Å². The molecule has 10 nitrogen and oxygen atoms in total. The summed E-state index contributed by atoms with van der Waals surface area (Å²) in [6.45, 7) is 0.926. The van der Waals surface area contributed by atoms with Crippen molar-refractivity contribution in [3.63, 3.8) is 0 Å². The van der Waals surface area contributed by atoms with E-state index in [1.54, 1.807) is 4.31 Å². The van der Waals surface area contributed by atoms with Crippen molar-refractivity contribution in [3.05, 3.63) is 34.2 Å². The quantitative estimate of drug-likeness (QED) is 0.105. The molecule has 1 unspecified atom stereocenters. The van der Waals surface area contributed by atoms with Gasteiger partial charge in [-0.2, -0.15) is 0 Å². The zero-order chi connectivity index (χ0) is 19.6. The molecule has 1 saturated heterocycles. The van der Waals surface area contributed by atoms with Gasteiger partial charge < -0.3 is 10.4 Å². The molecule has 14 heteroatoms. The summed E-state index contributed by atoms with van der Waals surface area (Å²) < 4.78 is 20.0. The van der Waals surface area contributed by atoms with Crippen LogP contribution in [0.1, 0.15) is 5.69 Å². The Hall–Kier alpha value is -1.71. The average Bonchev–Trinajstić information content (AvgIpc) is 3.01. The zero-order valence-electron chi connectivity index (χ0n) is 13.6. The van der Waals surface area contributed by atoms with Crippen LogP contribution in [-0.4, -0.2) is 57.3 Å². The van der Waals surface area contributed by atoms with Crippen LogP contribution in [-0.2, 0) is 0 Å². The van der Waals surface area contributed by atoms with Crippen molar-refractivity contribution >= 4 is 53.3 Å². The van der Waals surface area contributed by atoms with E-state index in [4.69, 9.17) is 13.0 Å². The lowest BCUT2D eigenvalue weighted by molar-refractivity contribution is 0.0262. The van der Waals surface area contributed by atoms with Crippen molar-refractivity contribution in [1.82, 2.24) is 20.1 Å². The number of amidine groups is 1. The lowest BCUT2D eigenvalue weighted by Crippen LogP contribution is -2.60. The Bertz CT molecular complexity index is 849. The Morgan fingerprint density at radius 2 is 2.26 bits per heavy atom. The van der Waals surface area contributed by atoms with Crippen LogP contribution >= 0.6 is 28.1 Å². The summed E-state index contributed by atoms with van der Waals surface area (Å²) in [6, 6.07) is 4.00. The Balaban J connectivity index is 1.82. The van der Waals surface area contributed by atoms with Gasteiger partial charge in [-0.1, -0.05) is 0 Å². The number of aromatic nitrogens is 2. The second-order valence-electron chi connectivity index (χ2n) is 5.73. The molecule has 1 aromatic carbocycles. The minimum atomic E-state index is -1.82. The van der Waals surface area contributed by atoms with Gasteiger partial charge in [0.25, 0.3) is 0 Å². The molecule has 6 N–H and O–H groups in total. The molecule has 2 heterocycles. The van der Waals surface area contributed by atoms with Gasteiger partial charge in [-0.3, -0.25) is 15.8 Å². The van der Waals surface area contributed by atoms with Gasteiger partial charge in [-0.15, -0.1) is 0 Å². The van der Waals surface area contributed by atoms with Gasteiger partial charge in [-0.05, 0) is 44.4 Å². The second-order valence-corrected chi connectivity index (χ2v) is 7.31. The van der Waals surface area contributed by atoms with Crippen LogP contribution in [0.15, 0.2) is 32.3 Å². The van der Waals surface area contributed by atoms with Crippen LogP contribution < -0.4 is 15.9 Å². The van der Waals surface area contributed by atoms with Gasteiger partial charge in [0.1, 0.15) is 13.7 Å². The lowest BCUT2D eigenvalue weighted by atomic mass is 9.75. The zero-order valence-corrected chi connectivity index (χ0v) is 16.0. The molecule has 2 aromatic rings. The molecule has 0 bridgehead atoms. The number of aliphatic hydroxyl groups is 1. The van der Waals surface area contributed by atoms with E-state index in [0.717, 1.165) is 12.1 Å². The molecule has 142 valence electrons. The molecule has 1 fully saturated rings. The van der Waals surface area contributed by atoms with Crippen LogP contribution in [0.4, 0.5) is 15.9 Å². The molecule has 1 aliphatic rings. The number of hydroxylamine groups is 1. The number of halogens is 2. The van der Waals surface area contributed by atoms with Crippen LogP contribution in [0.25, 0.3) is 0 Å². The Labute approximate surface area is 167 Å². The summed E-state index contributed by atoms with van der Waals surface area (Å²) in [5.74, 6) is -0.980. The fourth-order valence-corrected chi connectivity index (χ4v) is 3.23. The van der Waals surface area contributed by atoms with Gasteiger partial charge in [0.15, 0.2) is 11.5 Å². The topological polar surface area (TPSA) is 145 Å². The summed E-state index contributed by atoms with van der Waals surface area (Å²) in [5.41, 5.74) is 0.330. The highest BCUT2D eigenvalue weighted by Crippen LogP contribution is 2.30. The first-order valence-electron chi connectivity index (χ1n) is 7.52. The van der Waals surface area contributed by atoms with Crippen molar-refractivity contribution in [1.29, 1.82) is 0 Å². The maximum absolute atomic E-state index is 13.3. The largest absolute Gasteiger partial charge is 0.380 e. The van der Waals surface area contributed by atoms with Crippen molar-refractivity contribution < 1.29 is 19.3 Å². The molecule has 0 saturated carbocycles. The number of benzene rings is 1. The lowest BCUT2D eigenvalue weighted by Gasteiger charge is -2.45. The van der Waals surface area contributed by atoms with Gasteiger partial charge in [0.05, 0.1) is 15.8 Å². The van der Waals surface area contributed by atoms with E-state index in [9.17, 15) is 14.7 Å². The Kier molecular flexibility index (Phi) is 6.03. The number of aliphatic imine (C=N–C) groups is 1. The molecule has 1 aliphatic heterocycles. The van der Waals surface area contributed by atoms with Crippen LogP contribution in [0.2, 0.25) is 0 Å². The van der Waals surface area contributed by atoms with E-state index in [1.165, 1.54) is 18.2 Å². The molecular formula is C13H14BBrFN7O3S. The van der Waals surface area contributed by atoms with Gasteiger partial charge >= 0.3 is 0 Å². The van der Waals surface area contributed by atoms with Crippen LogP contribution in [0.3, 0.4) is 0 Å². The molecule has 1 aromatic heterocycles. The van der Waals surface area contributed by atoms with Crippen molar-refractivity contribution in [2.24, 2.45) is 16.0 Å². The third-order valence-corrected chi connectivity index (χ3v) is 5.10. The molecule has 0 amide bonds. The summed E-state index contributed by atoms with van der Waals surface area (Å²) in [6.07, 6.45) is 0. The highest BCUT2D eigenvalue weighted by atomic mass is 79.9. The summed E-state index contributed by atoms with van der Waals surface area (Å²) in [4.78, 5) is 4.12. The Morgan fingerprint density at radius 1 is 1.52 bits per heavy atom. The number of hydrogen-bond acceptors (Lipinski definition) is 10. The first-order chi connectivity index (χ1) is 12.8. The van der Waals surface area contributed by atoms with Crippen molar-refractivity contribution in [3.8, 4) is 0 Å². The molecular weight excluding hydrogens is 444 g/mol. The smallest absolute Gasteiger partial charge is 0.203 e. The van der Waals surface area contributed by atoms with E-state index in [2.05, 4.69) is 41.2 Å². The molecule has 0 aliphatic carbocycles. The molecule has 2 radical (unpaired) electrons. The highest BCUT2D eigenvalue weighted by molar-refractivity contribution is 9.10.